The van der Waals surface area contributed by atoms with Gasteiger partial charge in [0.15, 0.2) is 5.78 Å². The number of carbonyl (C=O) groups excluding carboxylic acids is 1. The number of hydrogen-bond donors (Lipinski definition) is 1. The third-order valence-electron chi connectivity index (χ3n) is 2.85. The summed E-state index contributed by atoms with van der Waals surface area (Å²) in [5, 5.41) is 9.65. The van der Waals surface area contributed by atoms with Crippen LogP contribution in [-0.4, -0.2) is 21.4 Å². The molecule has 0 aliphatic rings. The van der Waals surface area contributed by atoms with Crippen molar-refractivity contribution in [1.29, 1.82) is 0 Å². The van der Waals surface area contributed by atoms with E-state index in [9.17, 15) is 9.59 Å². The highest BCUT2D eigenvalue weighted by Gasteiger charge is 2.13. The van der Waals surface area contributed by atoms with Gasteiger partial charge in [-0.2, -0.15) is 0 Å². The molecule has 0 saturated heterocycles. The summed E-state index contributed by atoms with van der Waals surface area (Å²) in [7, 11) is 0. The van der Waals surface area contributed by atoms with Gasteiger partial charge in [-0.1, -0.05) is 0 Å². The fraction of sp³-hybridized carbons (Fsp3) is 0.231. The van der Waals surface area contributed by atoms with Gasteiger partial charge in [0.2, 0.25) is 0 Å². The van der Waals surface area contributed by atoms with Gasteiger partial charge >= 0.3 is 5.97 Å². The lowest BCUT2D eigenvalue weighted by atomic mass is 10.1. The number of nitrogens with zero attached hydrogens (tertiary/aromatic N) is 1. The van der Waals surface area contributed by atoms with E-state index >= 15 is 0 Å². The summed E-state index contributed by atoms with van der Waals surface area (Å²) in [5.74, 6) is -1.03. The largest absolute Gasteiger partial charge is 0.478 e. The summed E-state index contributed by atoms with van der Waals surface area (Å²) in [6.45, 7) is 4.22. The number of fused-ring (bicyclic) bond motifs is 1. The minimum atomic E-state index is -0.981. The molecular formula is C13H13NO3. The number of hydrogen-bond acceptors (Lipinski definition) is 2. The first-order valence-electron chi connectivity index (χ1n) is 5.41. The van der Waals surface area contributed by atoms with Gasteiger partial charge < -0.3 is 9.67 Å². The van der Waals surface area contributed by atoms with E-state index in [1.54, 1.807) is 24.4 Å². The Labute approximate surface area is 98.5 Å². The molecule has 2 rings (SSSR count). The molecule has 0 aliphatic carbocycles. The average Bonchev–Trinajstić information content (AvgIpc) is 2.66. The first-order chi connectivity index (χ1) is 8.04. The molecule has 1 N–H and O–H groups in total. The Balaban J connectivity index is 2.78. The molecule has 0 bridgehead atoms. The van der Waals surface area contributed by atoms with Crippen molar-refractivity contribution in [2.75, 3.05) is 0 Å². The lowest BCUT2D eigenvalue weighted by molar-refractivity contribution is 0.0696. The number of aryl methyl sites for hydroxylation is 1. The number of aromatic nitrogens is 1. The topological polar surface area (TPSA) is 59.3 Å². The van der Waals surface area contributed by atoms with Crippen LogP contribution in [0.3, 0.4) is 0 Å². The van der Waals surface area contributed by atoms with E-state index in [4.69, 9.17) is 5.11 Å². The van der Waals surface area contributed by atoms with Crippen LogP contribution in [0.5, 0.6) is 0 Å². The zero-order valence-corrected chi connectivity index (χ0v) is 9.73. The molecule has 4 heteroatoms. The maximum atomic E-state index is 11.5. The van der Waals surface area contributed by atoms with Crippen LogP contribution < -0.4 is 0 Å². The summed E-state index contributed by atoms with van der Waals surface area (Å²) in [6.07, 6.45) is 1.78. The van der Waals surface area contributed by atoms with Gasteiger partial charge in [-0.15, -0.1) is 0 Å². The second-order valence-corrected chi connectivity index (χ2v) is 3.92. The third-order valence-corrected chi connectivity index (χ3v) is 2.85. The molecule has 1 heterocycles. The molecule has 1 aromatic carbocycles. The first-order valence-corrected chi connectivity index (χ1v) is 5.41. The molecule has 0 unspecified atom stereocenters. The standard InChI is InChI=1S/C13H13NO3/c1-3-14-7-11(8(2)15)10-6-9(13(16)17)4-5-12(10)14/h4-7H,3H2,1-2H3,(H,16,17). The highest BCUT2D eigenvalue weighted by atomic mass is 16.4. The van der Waals surface area contributed by atoms with Gasteiger partial charge in [-0.05, 0) is 32.0 Å². The average molecular weight is 231 g/mol. The molecule has 0 amide bonds. The Morgan fingerprint density at radius 1 is 1.35 bits per heavy atom. The van der Waals surface area contributed by atoms with Crippen LogP contribution >= 0.6 is 0 Å². The summed E-state index contributed by atoms with van der Waals surface area (Å²) in [5.41, 5.74) is 1.67. The van der Waals surface area contributed by atoms with Crippen molar-refractivity contribution in [3.05, 3.63) is 35.5 Å². The summed E-state index contributed by atoms with van der Waals surface area (Å²) in [6, 6.07) is 4.86. The Kier molecular flexibility index (Phi) is 2.71. The van der Waals surface area contributed by atoms with Crippen LogP contribution in [-0.2, 0) is 6.54 Å². The molecule has 2 aromatic rings. The molecule has 88 valence electrons. The van der Waals surface area contributed by atoms with Crippen molar-refractivity contribution in [2.24, 2.45) is 0 Å². The molecule has 0 radical (unpaired) electrons. The maximum Gasteiger partial charge on any atom is 0.335 e. The number of aromatic carboxylic acids is 1. The minimum Gasteiger partial charge on any atom is -0.478 e. The number of carbonyl (C=O) groups is 2. The summed E-state index contributed by atoms with van der Waals surface area (Å²) < 4.78 is 1.94. The van der Waals surface area contributed by atoms with E-state index in [2.05, 4.69) is 0 Å². The fourth-order valence-electron chi connectivity index (χ4n) is 1.97. The lowest BCUT2D eigenvalue weighted by Crippen LogP contribution is -1.96. The molecule has 0 fully saturated rings. The Morgan fingerprint density at radius 2 is 2.06 bits per heavy atom. The van der Waals surface area contributed by atoms with Gasteiger partial charge in [-0.25, -0.2) is 4.79 Å². The van der Waals surface area contributed by atoms with Crippen molar-refractivity contribution >= 4 is 22.7 Å². The third kappa shape index (κ3) is 1.82. The Hall–Kier alpha value is -2.10. The minimum absolute atomic E-state index is 0.0512. The normalized spacial score (nSPS) is 10.7. The molecule has 17 heavy (non-hydrogen) atoms. The molecule has 4 nitrogen and oxygen atoms in total. The Morgan fingerprint density at radius 3 is 2.59 bits per heavy atom. The first kappa shape index (κ1) is 11.4. The SMILES string of the molecule is CCn1cc(C(C)=O)c2cc(C(=O)O)ccc21. The molecular weight excluding hydrogens is 218 g/mol. The smallest absolute Gasteiger partial charge is 0.335 e. The van der Waals surface area contributed by atoms with Gasteiger partial charge in [0.25, 0.3) is 0 Å². The van der Waals surface area contributed by atoms with Crippen molar-refractivity contribution in [3.63, 3.8) is 0 Å². The van der Waals surface area contributed by atoms with E-state index in [-0.39, 0.29) is 11.3 Å². The second kappa shape index (κ2) is 4.05. The number of Topliss-reactive ketones (excluding diaryl/α,β-unsaturated/α-hetero) is 1. The van der Waals surface area contributed by atoms with Crippen molar-refractivity contribution < 1.29 is 14.7 Å². The van der Waals surface area contributed by atoms with Crippen molar-refractivity contribution in [1.82, 2.24) is 4.57 Å². The maximum absolute atomic E-state index is 11.5. The van der Waals surface area contributed by atoms with E-state index in [1.807, 2.05) is 11.5 Å². The van der Waals surface area contributed by atoms with Crippen LogP contribution in [0.15, 0.2) is 24.4 Å². The molecule has 0 saturated carbocycles. The highest BCUT2D eigenvalue weighted by molar-refractivity contribution is 6.08. The Bertz CT molecular complexity index is 610. The number of carboxylic acid groups (broad SMARTS) is 1. The zero-order chi connectivity index (χ0) is 12.6. The van der Waals surface area contributed by atoms with Crippen LogP contribution in [0, 0.1) is 0 Å². The van der Waals surface area contributed by atoms with Crippen LogP contribution in [0.2, 0.25) is 0 Å². The van der Waals surface area contributed by atoms with E-state index in [0.29, 0.717) is 10.9 Å². The highest BCUT2D eigenvalue weighted by Crippen LogP contribution is 2.23. The van der Waals surface area contributed by atoms with Gasteiger partial charge in [-0.3, -0.25) is 4.79 Å². The van der Waals surface area contributed by atoms with E-state index in [1.165, 1.54) is 6.92 Å². The van der Waals surface area contributed by atoms with Crippen LogP contribution in [0.4, 0.5) is 0 Å². The summed E-state index contributed by atoms with van der Waals surface area (Å²) in [4.78, 5) is 22.4. The number of ketones is 1. The second-order valence-electron chi connectivity index (χ2n) is 3.92. The zero-order valence-electron chi connectivity index (χ0n) is 9.73. The van der Waals surface area contributed by atoms with Crippen LogP contribution in [0.1, 0.15) is 34.6 Å². The lowest BCUT2D eigenvalue weighted by Gasteiger charge is -2.00. The van der Waals surface area contributed by atoms with Gasteiger partial charge in [0.05, 0.1) is 5.56 Å². The number of benzene rings is 1. The summed E-state index contributed by atoms with van der Waals surface area (Å²) >= 11 is 0. The van der Waals surface area contributed by atoms with E-state index in [0.717, 1.165) is 12.1 Å². The number of carboxylic acids is 1. The fourth-order valence-corrected chi connectivity index (χ4v) is 1.97. The van der Waals surface area contributed by atoms with Crippen molar-refractivity contribution in [2.45, 2.75) is 20.4 Å². The predicted octanol–water partition coefficient (Wildman–Crippen LogP) is 2.56. The van der Waals surface area contributed by atoms with Gasteiger partial charge in [0.1, 0.15) is 0 Å². The molecule has 0 atom stereocenters. The molecule has 0 aliphatic heterocycles. The van der Waals surface area contributed by atoms with Crippen molar-refractivity contribution in [3.8, 4) is 0 Å². The quantitative estimate of drug-likeness (QED) is 0.826. The van der Waals surface area contributed by atoms with Gasteiger partial charge in [0, 0.05) is 29.2 Å². The predicted molar refractivity (Wildman–Crippen MR) is 64.6 cm³/mol. The molecule has 1 aromatic heterocycles. The molecule has 0 spiro atoms. The van der Waals surface area contributed by atoms with E-state index < -0.39 is 5.97 Å². The monoisotopic (exact) mass is 231 g/mol. The number of rotatable bonds is 3. The van der Waals surface area contributed by atoms with Crippen LogP contribution in [0.25, 0.3) is 10.9 Å².